The van der Waals surface area contributed by atoms with E-state index in [0.29, 0.717) is 35.3 Å². The number of sulfonamides is 1. The van der Waals surface area contributed by atoms with Gasteiger partial charge in [-0.2, -0.15) is 4.31 Å². The molecule has 4 rings (SSSR count). The smallest absolute Gasteiger partial charge is 0.257 e. The van der Waals surface area contributed by atoms with E-state index in [2.05, 4.69) is 10.3 Å². The summed E-state index contributed by atoms with van der Waals surface area (Å²) in [5, 5.41) is 3.19. The maximum absolute atomic E-state index is 13.1. The van der Waals surface area contributed by atoms with Crippen molar-refractivity contribution in [3.05, 3.63) is 42.5 Å². The second-order valence-corrected chi connectivity index (χ2v) is 10.9. The fourth-order valence-corrected chi connectivity index (χ4v) is 5.79. The molecule has 1 amide bonds. The molecule has 8 nitrogen and oxygen atoms in total. The number of benzene rings is 2. The molecule has 1 aromatic heterocycles. The summed E-state index contributed by atoms with van der Waals surface area (Å²) in [5.41, 5.74) is 1.71. The van der Waals surface area contributed by atoms with E-state index in [-0.39, 0.29) is 22.7 Å². The largest absolute Gasteiger partial charge is 0.489 e. The number of piperidine rings is 1. The molecule has 176 valence electrons. The lowest BCUT2D eigenvalue weighted by atomic mass is 10.2. The number of carbonyl (C=O) groups is 1. The zero-order valence-electron chi connectivity index (χ0n) is 18.6. The predicted octanol–water partition coefficient (Wildman–Crippen LogP) is 4.52. The third-order valence-corrected chi connectivity index (χ3v) is 7.86. The minimum absolute atomic E-state index is 0.0526. The van der Waals surface area contributed by atoms with Gasteiger partial charge in [-0.15, -0.1) is 0 Å². The van der Waals surface area contributed by atoms with Crippen LogP contribution < -0.4 is 10.1 Å². The molecule has 0 unspecified atom stereocenters. The number of para-hydroxylation sites is 2. The van der Waals surface area contributed by atoms with E-state index < -0.39 is 10.0 Å². The summed E-state index contributed by atoms with van der Waals surface area (Å²) in [7, 11) is -3.64. The Kier molecular flexibility index (Phi) is 7.26. The first kappa shape index (κ1) is 23.6. The molecule has 3 aromatic rings. The van der Waals surface area contributed by atoms with E-state index in [0.717, 1.165) is 24.8 Å². The number of fused-ring (bicyclic) bond motifs is 1. The number of carbonyl (C=O) groups excluding carboxylic acids is 1. The molecule has 0 aliphatic carbocycles. The number of aromatic nitrogens is 1. The molecule has 0 spiro atoms. The van der Waals surface area contributed by atoms with Gasteiger partial charge in [0, 0.05) is 13.1 Å². The van der Waals surface area contributed by atoms with Crippen LogP contribution in [0.3, 0.4) is 0 Å². The van der Waals surface area contributed by atoms with Crippen molar-refractivity contribution in [1.29, 1.82) is 0 Å². The number of amides is 1. The van der Waals surface area contributed by atoms with Crippen LogP contribution in [0, 0.1) is 0 Å². The second-order valence-electron chi connectivity index (χ2n) is 8.07. The SMILES string of the molecule is CC(C)Oc1ccc(S(=O)(=O)N2CCCCC2)cc1NC(=O)CSc1nc2ccccc2o1. The average Bonchev–Trinajstić information content (AvgIpc) is 3.22. The van der Waals surface area contributed by atoms with Crippen LogP contribution >= 0.6 is 11.8 Å². The minimum Gasteiger partial charge on any atom is -0.489 e. The average molecular weight is 490 g/mol. The Morgan fingerprint density at radius 2 is 1.94 bits per heavy atom. The van der Waals surface area contributed by atoms with Crippen LogP contribution in [0.1, 0.15) is 33.1 Å². The number of ether oxygens (including phenoxy) is 1. The van der Waals surface area contributed by atoms with Gasteiger partial charge in [-0.25, -0.2) is 13.4 Å². The van der Waals surface area contributed by atoms with Gasteiger partial charge in [0.15, 0.2) is 5.58 Å². The highest BCUT2D eigenvalue weighted by Gasteiger charge is 2.27. The van der Waals surface area contributed by atoms with Crippen LogP contribution in [0.2, 0.25) is 0 Å². The molecule has 1 saturated heterocycles. The van der Waals surface area contributed by atoms with Crippen molar-refractivity contribution in [2.75, 3.05) is 24.2 Å². The Morgan fingerprint density at radius 1 is 1.18 bits per heavy atom. The van der Waals surface area contributed by atoms with Crippen molar-refractivity contribution in [3.63, 3.8) is 0 Å². The number of thioether (sulfide) groups is 1. The third kappa shape index (κ3) is 5.69. The summed E-state index contributed by atoms with van der Waals surface area (Å²) in [4.78, 5) is 17.2. The topological polar surface area (TPSA) is 102 Å². The molecular weight excluding hydrogens is 462 g/mol. The van der Waals surface area contributed by atoms with E-state index in [1.807, 2.05) is 38.1 Å². The first-order chi connectivity index (χ1) is 15.8. The highest BCUT2D eigenvalue weighted by molar-refractivity contribution is 7.99. The zero-order chi connectivity index (χ0) is 23.4. The molecule has 33 heavy (non-hydrogen) atoms. The first-order valence-electron chi connectivity index (χ1n) is 10.9. The van der Waals surface area contributed by atoms with Crippen LogP contribution in [0.5, 0.6) is 5.75 Å². The molecule has 10 heteroatoms. The summed E-state index contributed by atoms with van der Waals surface area (Å²) in [6.07, 6.45) is 2.60. The van der Waals surface area contributed by atoms with Crippen molar-refractivity contribution in [2.45, 2.75) is 49.3 Å². The molecule has 1 N–H and O–H groups in total. The third-order valence-electron chi connectivity index (χ3n) is 5.14. The molecule has 0 radical (unpaired) electrons. The Labute approximate surface area is 197 Å². The van der Waals surface area contributed by atoms with Gasteiger partial charge >= 0.3 is 0 Å². The number of nitrogens with zero attached hydrogens (tertiary/aromatic N) is 2. The standard InChI is InChI=1S/C23H27N3O5S2/c1-16(2)30-21-11-10-17(33(28,29)26-12-6-3-7-13-26)14-19(21)24-22(27)15-32-23-25-18-8-4-5-9-20(18)31-23/h4-5,8-11,14,16H,3,6-7,12-13,15H2,1-2H3,(H,24,27). The van der Waals surface area contributed by atoms with Crippen LogP contribution in [0.4, 0.5) is 5.69 Å². The predicted molar refractivity (Wildman–Crippen MR) is 128 cm³/mol. The summed E-state index contributed by atoms with van der Waals surface area (Å²) >= 11 is 1.17. The van der Waals surface area contributed by atoms with E-state index in [9.17, 15) is 13.2 Å². The van der Waals surface area contributed by atoms with Crippen molar-refractivity contribution in [2.24, 2.45) is 0 Å². The van der Waals surface area contributed by atoms with Gasteiger partial charge in [0.1, 0.15) is 11.3 Å². The van der Waals surface area contributed by atoms with Gasteiger partial charge in [0.25, 0.3) is 5.22 Å². The van der Waals surface area contributed by atoms with Crippen LogP contribution in [0.25, 0.3) is 11.1 Å². The van der Waals surface area contributed by atoms with Gasteiger partial charge in [-0.1, -0.05) is 30.3 Å². The van der Waals surface area contributed by atoms with E-state index in [1.54, 1.807) is 6.07 Å². The normalized spacial score (nSPS) is 15.1. The van der Waals surface area contributed by atoms with Gasteiger partial charge in [0.05, 0.1) is 22.4 Å². The quantitative estimate of drug-likeness (QED) is 0.464. The Bertz CT molecular complexity index is 1200. The summed E-state index contributed by atoms with van der Waals surface area (Å²) in [6.45, 7) is 4.75. The summed E-state index contributed by atoms with van der Waals surface area (Å²) in [6, 6.07) is 12.0. The molecule has 1 aliphatic rings. The summed E-state index contributed by atoms with van der Waals surface area (Å²) in [5.74, 6) is 0.156. The number of oxazole rings is 1. The van der Waals surface area contributed by atoms with Crippen LogP contribution in [0.15, 0.2) is 57.0 Å². The molecule has 2 heterocycles. The maximum Gasteiger partial charge on any atom is 0.257 e. The van der Waals surface area contributed by atoms with Gasteiger partial charge in [-0.05, 0) is 57.0 Å². The molecular formula is C23H27N3O5S2. The first-order valence-corrected chi connectivity index (χ1v) is 13.3. The highest BCUT2D eigenvalue weighted by Crippen LogP contribution is 2.31. The van der Waals surface area contributed by atoms with Crippen LogP contribution in [-0.2, 0) is 14.8 Å². The van der Waals surface area contributed by atoms with Gasteiger partial charge < -0.3 is 14.5 Å². The van der Waals surface area contributed by atoms with Gasteiger partial charge in [0.2, 0.25) is 15.9 Å². The lowest BCUT2D eigenvalue weighted by Crippen LogP contribution is -2.35. The van der Waals surface area contributed by atoms with Crippen LogP contribution in [-0.4, -0.2) is 48.6 Å². The van der Waals surface area contributed by atoms with E-state index in [4.69, 9.17) is 9.15 Å². The Morgan fingerprint density at radius 3 is 2.67 bits per heavy atom. The monoisotopic (exact) mass is 489 g/mol. The minimum atomic E-state index is -3.64. The maximum atomic E-state index is 13.1. The number of hydrogen-bond acceptors (Lipinski definition) is 7. The molecule has 1 fully saturated rings. The lowest BCUT2D eigenvalue weighted by Gasteiger charge is -2.26. The summed E-state index contributed by atoms with van der Waals surface area (Å²) < 4.78 is 39.1. The lowest BCUT2D eigenvalue weighted by molar-refractivity contribution is -0.113. The van der Waals surface area contributed by atoms with Crippen molar-refractivity contribution >= 4 is 44.5 Å². The fraction of sp³-hybridized carbons (Fsp3) is 0.391. The van der Waals surface area contributed by atoms with Crippen molar-refractivity contribution in [1.82, 2.24) is 9.29 Å². The van der Waals surface area contributed by atoms with E-state index in [1.165, 1.54) is 28.2 Å². The number of hydrogen-bond donors (Lipinski definition) is 1. The number of rotatable bonds is 8. The number of nitrogens with one attached hydrogen (secondary N) is 1. The zero-order valence-corrected chi connectivity index (χ0v) is 20.2. The van der Waals surface area contributed by atoms with Crippen molar-refractivity contribution in [3.8, 4) is 5.75 Å². The molecule has 1 aliphatic heterocycles. The number of anilines is 1. The second kappa shape index (κ2) is 10.1. The molecule has 0 saturated carbocycles. The Hall–Kier alpha value is -2.56. The highest BCUT2D eigenvalue weighted by atomic mass is 32.2. The Balaban J connectivity index is 1.51. The van der Waals surface area contributed by atoms with E-state index >= 15 is 0 Å². The molecule has 0 bridgehead atoms. The molecule has 2 aromatic carbocycles. The fourth-order valence-electron chi connectivity index (χ4n) is 3.60. The van der Waals surface area contributed by atoms with Gasteiger partial charge in [-0.3, -0.25) is 4.79 Å². The van der Waals surface area contributed by atoms with Crippen molar-refractivity contribution < 1.29 is 22.4 Å². The molecule has 0 atom stereocenters.